The van der Waals surface area contributed by atoms with Gasteiger partial charge >= 0.3 is 0 Å². The predicted octanol–water partition coefficient (Wildman–Crippen LogP) is 3.32. The van der Waals surface area contributed by atoms with Crippen molar-refractivity contribution in [1.82, 2.24) is 4.90 Å². The molecule has 0 spiro atoms. The second-order valence-electron chi connectivity index (χ2n) is 7.82. The molecule has 0 aliphatic carbocycles. The minimum absolute atomic E-state index is 0.114. The molecule has 7 heteroatoms. The summed E-state index contributed by atoms with van der Waals surface area (Å²) in [7, 11) is -2.27. The second-order valence-corrected chi connectivity index (χ2v) is 9.68. The van der Waals surface area contributed by atoms with Gasteiger partial charge in [0.05, 0.1) is 23.3 Å². The van der Waals surface area contributed by atoms with E-state index >= 15 is 0 Å². The number of methoxy groups -OCH3 is 1. The lowest BCUT2D eigenvalue weighted by molar-refractivity contribution is 0.0679. The highest BCUT2D eigenvalue weighted by molar-refractivity contribution is 7.92. The molecule has 1 atom stereocenters. The van der Waals surface area contributed by atoms with E-state index in [9.17, 15) is 13.2 Å². The summed E-state index contributed by atoms with van der Waals surface area (Å²) in [6.45, 7) is 3.89. The summed E-state index contributed by atoms with van der Waals surface area (Å²) in [4.78, 5) is 15.1. The van der Waals surface area contributed by atoms with E-state index in [2.05, 4.69) is 6.92 Å². The number of amides is 1. The molecule has 0 aromatic heterocycles. The van der Waals surface area contributed by atoms with Gasteiger partial charge in [0.1, 0.15) is 5.75 Å². The summed E-state index contributed by atoms with van der Waals surface area (Å²) >= 11 is 0. The third-order valence-corrected chi connectivity index (χ3v) is 7.59. The molecule has 29 heavy (non-hydrogen) atoms. The Hall–Kier alpha value is -2.54. The number of fused-ring (bicyclic) bond motifs is 1. The van der Waals surface area contributed by atoms with Gasteiger partial charge < -0.3 is 9.64 Å². The number of carbonyl (C=O) groups excluding carboxylic acids is 1. The van der Waals surface area contributed by atoms with E-state index in [-0.39, 0.29) is 10.8 Å². The molecule has 2 aromatic carbocycles. The molecule has 0 saturated carbocycles. The number of carbonyl (C=O) groups is 1. The zero-order valence-electron chi connectivity index (χ0n) is 16.8. The quantitative estimate of drug-likeness (QED) is 0.770. The van der Waals surface area contributed by atoms with E-state index in [1.165, 1.54) is 23.5 Å². The monoisotopic (exact) mass is 414 g/mol. The van der Waals surface area contributed by atoms with Gasteiger partial charge in [0, 0.05) is 19.6 Å². The van der Waals surface area contributed by atoms with Crippen molar-refractivity contribution in [3.63, 3.8) is 0 Å². The fourth-order valence-corrected chi connectivity index (χ4v) is 5.77. The average Bonchev–Trinajstić information content (AvgIpc) is 3.17. The van der Waals surface area contributed by atoms with Gasteiger partial charge in [-0.05, 0) is 55.0 Å². The molecular formula is C22H26N2O4S. The normalized spacial score (nSPS) is 19.2. The fourth-order valence-electron chi connectivity index (χ4n) is 4.24. The molecule has 1 amide bonds. The minimum atomic E-state index is -3.77. The van der Waals surface area contributed by atoms with Gasteiger partial charge in [0.25, 0.3) is 15.9 Å². The predicted molar refractivity (Wildman–Crippen MR) is 112 cm³/mol. The van der Waals surface area contributed by atoms with Crippen LogP contribution in [0.1, 0.15) is 35.7 Å². The molecule has 0 radical (unpaired) electrons. The Bertz CT molecular complexity index is 1030. The molecule has 0 bridgehead atoms. The van der Waals surface area contributed by atoms with Crippen LogP contribution in [-0.2, 0) is 16.4 Å². The molecule has 4 rings (SSSR count). The zero-order chi connectivity index (χ0) is 20.6. The Kier molecular flexibility index (Phi) is 5.25. The van der Waals surface area contributed by atoms with Gasteiger partial charge in [-0.3, -0.25) is 9.10 Å². The highest BCUT2D eigenvalue weighted by Crippen LogP contribution is 2.34. The van der Waals surface area contributed by atoms with Crippen molar-refractivity contribution >= 4 is 21.6 Å². The summed E-state index contributed by atoms with van der Waals surface area (Å²) in [5.74, 6) is 0.660. The van der Waals surface area contributed by atoms with E-state index in [0.717, 1.165) is 18.4 Å². The molecule has 6 nitrogen and oxygen atoms in total. The van der Waals surface area contributed by atoms with Gasteiger partial charge in [-0.1, -0.05) is 25.1 Å². The minimum Gasteiger partial charge on any atom is -0.496 e. The van der Waals surface area contributed by atoms with Crippen LogP contribution in [0.4, 0.5) is 5.69 Å². The molecule has 2 aromatic rings. The van der Waals surface area contributed by atoms with Gasteiger partial charge in [0.2, 0.25) is 0 Å². The molecule has 0 N–H and O–H groups in total. The Morgan fingerprint density at radius 1 is 1.14 bits per heavy atom. The van der Waals surface area contributed by atoms with Crippen molar-refractivity contribution in [1.29, 1.82) is 0 Å². The largest absolute Gasteiger partial charge is 0.496 e. The van der Waals surface area contributed by atoms with Crippen molar-refractivity contribution in [2.45, 2.75) is 31.1 Å². The first-order chi connectivity index (χ1) is 13.9. The van der Waals surface area contributed by atoms with Crippen LogP contribution in [0, 0.1) is 5.92 Å². The first-order valence-electron chi connectivity index (χ1n) is 10.00. The number of nitrogens with zero attached hydrogens (tertiary/aromatic N) is 2. The van der Waals surface area contributed by atoms with Gasteiger partial charge in [-0.15, -0.1) is 0 Å². The van der Waals surface area contributed by atoms with Crippen molar-refractivity contribution < 1.29 is 17.9 Å². The number of rotatable bonds is 4. The molecule has 2 heterocycles. The SMILES string of the molecule is COc1ccc(S(=O)(=O)N2CCc3ccccc32)cc1C(=O)N1CCCC(C)C1. The lowest BCUT2D eigenvalue weighted by atomic mass is 9.99. The molecule has 2 aliphatic heterocycles. The number of para-hydroxylation sites is 1. The number of sulfonamides is 1. The van der Waals surface area contributed by atoms with Gasteiger partial charge in [-0.25, -0.2) is 8.42 Å². The van der Waals surface area contributed by atoms with E-state index < -0.39 is 10.0 Å². The van der Waals surface area contributed by atoms with Crippen molar-refractivity contribution in [2.75, 3.05) is 31.0 Å². The second kappa shape index (κ2) is 7.71. The molecule has 1 unspecified atom stereocenters. The average molecular weight is 415 g/mol. The van der Waals surface area contributed by atoms with Crippen LogP contribution in [0.25, 0.3) is 0 Å². The molecule has 1 saturated heterocycles. The van der Waals surface area contributed by atoms with Crippen molar-refractivity contribution in [3.05, 3.63) is 53.6 Å². The molecule has 2 aliphatic rings. The van der Waals surface area contributed by atoms with Gasteiger partial charge in [-0.2, -0.15) is 0 Å². The maximum Gasteiger partial charge on any atom is 0.264 e. The van der Waals surface area contributed by atoms with E-state index in [0.29, 0.717) is 49.0 Å². The van der Waals surface area contributed by atoms with E-state index in [1.54, 1.807) is 11.0 Å². The number of benzene rings is 2. The Morgan fingerprint density at radius 2 is 1.93 bits per heavy atom. The summed E-state index contributed by atoms with van der Waals surface area (Å²) < 4.78 is 33.5. The molecule has 1 fully saturated rings. The van der Waals surface area contributed by atoms with Crippen molar-refractivity contribution in [3.8, 4) is 5.75 Å². The number of likely N-dealkylation sites (tertiary alicyclic amines) is 1. The van der Waals surface area contributed by atoms with Crippen LogP contribution >= 0.6 is 0 Å². The summed E-state index contributed by atoms with van der Waals surface area (Å²) in [5, 5.41) is 0. The van der Waals surface area contributed by atoms with Crippen LogP contribution < -0.4 is 9.04 Å². The number of anilines is 1. The van der Waals surface area contributed by atoms with Crippen LogP contribution in [-0.4, -0.2) is 46.0 Å². The summed E-state index contributed by atoms with van der Waals surface area (Å²) in [5.41, 5.74) is 2.03. The van der Waals surface area contributed by atoms with Crippen molar-refractivity contribution in [2.24, 2.45) is 5.92 Å². The number of ether oxygens (including phenoxy) is 1. The first-order valence-corrected chi connectivity index (χ1v) is 11.4. The lowest BCUT2D eigenvalue weighted by Gasteiger charge is -2.31. The highest BCUT2D eigenvalue weighted by atomic mass is 32.2. The molecular weight excluding hydrogens is 388 g/mol. The van der Waals surface area contributed by atoms with Crippen LogP contribution in [0.5, 0.6) is 5.75 Å². The Morgan fingerprint density at radius 3 is 2.69 bits per heavy atom. The number of hydrogen-bond donors (Lipinski definition) is 0. The Balaban J connectivity index is 1.70. The summed E-state index contributed by atoms with van der Waals surface area (Å²) in [6.07, 6.45) is 2.74. The highest BCUT2D eigenvalue weighted by Gasteiger charge is 2.32. The number of piperidine rings is 1. The lowest BCUT2D eigenvalue weighted by Crippen LogP contribution is -2.39. The van der Waals surface area contributed by atoms with Crippen LogP contribution in [0.2, 0.25) is 0 Å². The maximum atomic E-state index is 13.4. The van der Waals surface area contributed by atoms with Crippen LogP contribution in [0.15, 0.2) is 47.4 Å². The first kappa shape index (κ1) is 19.8. The standard InChI is InChI=1S/C22H26N2O4S/c1-16-6-5-12-23(15-16)22(25)19-14-18(9-10-21(19)28-2)29(26,27)24-13-11-17-7-3-4-8-20(17)24/h3-4,7-10,14,16H,5-6,11-13,15H2,1-2H3. The third kappa shape index (κ3) is 3.59. The van der Waals surface area contributed by atoms with Gasteiger partial charge in [0.15, 0.2) is 0 Å². The smallest absolute Gasteiger partial charge is 0.264 e. The third-order valence-electron chi connectivity index (χ3n) is 5.78. The Labute approximate surface area is 172 Å². The van der Waals surface area contributed by atoms with E-state index in [1.807, 2.05) is 24.3 Å². The van der Waals surface area contributed by atoms with E-state index in [4.69, 9.17) is 4.74 Å². The molecule has 154 valence electrons. The fraction of sp³-hybridized carbons (Fsp3) is 0.409. The topological polar surface area (TPSA) is 66.9 Å². The summed E-state index contributed by atoms with van der Waals surface area (Å²) in [6, 6.07) is 12.1. The van der Waals surface area contributed by atoms with Crippen LogP contribution in [0.3, 0.4) is 0 Å². The number of hydrogen-bond acceptors (Lipinski definition) is 4. The zero-order valence-corrected chi connectivity index (χ0v) is 17.6. The maximum absolute atomic E-state index is 13.4.